The second kappa shape index (κ2) is 9.89. The molecular formula is C21H29N5O3Si. The van der Waals surface area contributed by atoms with E-state index in [1.54, 1.807) is 21.7 Å². The molecule has 9 heteroatoms. The molecule has 160 valence electrons. The zero-order valence-corrected chi connectivity index (χ0v) is 18.9. The largest absolute Gasteiger partial charge is 0.378 e. The van der Waals surface area contributed by atoms with E-state index in [1.165, 1.54) is 6.20 Å². The number of nitrogens with zero attached hydrogens (tertiary/aromatic N) is 4. The van der Waals surface area contributed by atoms with Gasteiger partial charge in [0.2, 0.25) is 0 Å². The van der Waals surface area contributed by atoms with Gasteiger partial charge in [0.15, 0.2) is 0 Å². The van der Waals surface area contributed by atoms with E-state index >= 15 is 0 Å². The van der Waals surface area contributed by atoms with Crippen LogP contribution in [0, 0.1) is 11.3 Å². The minimum absolute atomic E-state index is 0.00315. The molecule has 3 rings (SSSR count). The van der Waals surface area contributed by atoms with Gasteiger partial charge < -0.3 is 19.7 Å². The van der Waals surface area contributed by atoms with Crippen molar-refractivity contribution >= 4 is 25.5 Å². The Kier molecular flexibility index (Phi) is 7.26. The second-order valence-electron chi connectivity index (χ2n) is 8.47. The lowest BCUT2D eigenvalue weighted by Crippen LogP contribution is -2.40. The van der Waals surface area contributed by atoms with Crippen LogP contribution in [0.15, 0.2) is 30.5 Å². The van der Waals surface area contributed by atoms with Crippen molar-refractivity contribution in [2.75, 3.05) is 38.2 Å². The highest BCUT2D eigenvalue weighted by molar-refractivity contribution is 6.76. The molecule has 1 fully saturated rings. The molecule has 1 amide bonds. The quantitative estimate of drug-likeness (QED) is 0.513. The average molecular weight is 428 g/mol. The molecule has 0 bridgehead atoms. The Bertz CT molecular complexity index is 893. The maximum absolute atomic E-state index is 12.6. The summed E-state index contributed by atoms with van der Waals surface area (Å²) in [4.78, 5) is 14.4. The number of aromatic nitrogens is 2. The van der Waals surface area contributed by atoms with Crippen molar-refractivity contribution in [1.29, 1.82) is 5.26 Å². The molecule has 0 saturated carbocycles. The van der Waals surface area contributed by atoms with Crippen LogP contribution in [0.4, 0.5) is 11.5 Å². The summed E-state index contributed by atoms with van der Waals surface area (Å²) in [5, 5.41) is 16.9. The van der Waals surface area contributed by atoms with Gasteiger partial charge in [0.25, 0.3) is 5.91 Å². The Morgan fingerprint density at radius 1 is 1.27 bits per heavy atom. The van der Waals surface area contributed by atoms with Crippen LogP contribution in [0.3, 0.4) is 0 Å². The number of ether oxygens (including phenoxy) is 2. The molecule has 1 saturated heterocycles. The van der Waals surface area contributed by atoms with Gasteiger partial charge in [-0.15, -0.1) is 0 Å². The molecule has 0 spiro atoms. The Morgan fingerprint density at radius 2 is 1.97 bits per heavy atom. The predicted octanol–water partition coefficient (Wildman–Crippen LogP) is 3.28. The molecule has 2 heterocycles. The maximum atomic E-state index is 12.6. The average Bonchev–Trinajstić information content (AvgIpc) is 3.12. The fourth-order valence-electron chi connectivity index (χ4n) is 3.01. The minimum Gasteiger partial charge on any atom is -0.378 e. The van der Waals surface area contributed by atoms with Crippen molar-refractivity contribution in [3.05, 3.63) is 41.6 Å². The summed E-state index contributed by atoms with van der Waals surface area (Å²) >= 11 is 0. The van der Waals surface area contributed by atoms with Crippen LogP contribution in [0.1, 0.15) is 15.9 Å². The first-order chi connectivity index (χ1) is 14.4. The zero-order chi connectivity index (χ0) is 21.6. The number of carbonyl (C=O) groups excluding carboxylic acids is 1. The SMILES string of the molecule is C[Si](C)(C)CCOCn1ncc(C#N)c1Nc1ccc(C(=O)N2CCOCC2)cc1. The summed E-state index contributed by atoms with van der Waals surface area (Å²) in [6.45, 7) is 10.2. The van der Waals surface area contributed by atoms with E-state index in [0.717, 1.165) is 11.7 Å². The number of amides is 1. The molecule has 0 atom stereocenters. The van der Waals surface area contributed by atoms with Crippen LogP contribution in [0.5, 0.6) is 0 Å². The number of benzene rings is 1. The van der Waals surface area contributed by atoms with Crippen molar-refractivity contribution in [3.8, 4) is 6.07 Å². The van der Waals surface area contributed by atoms with E-state index in [9.17, 15) is 10.1 Å². The Morgan fingerprint density at radius 3 is 2.60 bits per heavy atom. The van der Waals surface area contributed by atoms with Gasteiger partial charge in [0.05, 0.1) is 19.4 Å². The topological polar surface area (TPSA) is 92.4 Å². The van der Waals surface area contributed by atoms with E-state index in [4.69, 9.17) is 9.47 Å². The molecule has 1 aromatic carbocycles. The standard InChI is InChI=1S/C21H29N5O3Si/c1-30(2,3)13-12-29-16-26-20(18(14-22)15-23-26)24-19-6-4-17(5-7-19)21(27)25-8-10-28-11-9-25/h4-7,15,24H,8-13,16H2,1-3H3. The fourth-order valence-corrected chi connectivity index (χ4v) is 3.76. The predicted molar refractivity (Wildman–Crippen MR) is 117 cm³/mol. The number of morpholine rings is 1. The van der Waals surface area contributed by atoms with Crippen molar-refractivity contribution in [2.24, 2.45) is 0 Å². The molecule has 0 radical (unpaired) electrons. The van der Waals surface area contributed by atoms with E-state index in [0.29, 0.717) is 49.9 Å². The molecule has 30 heavy (non-hydrogen) atoms. The Labute approximate surface area is 178 Å². The normalized spacial score (nSPS) is 14.4. The van der Waals surface area contributed by atoms with Gasteiger partial charge in [-0.05, 0) is 30.3 Å². The monoisotopic (exact) mass is 427 g/mol. The molecule has 1 aliphatic rings. The fraction of sp³-hybridized carbons (Fsp3) is 0.476. The number of nitriles is 1. The number of nitrogens with one attached hydrogen (secondary N) is 1. The van der Waals surface area contributed by atoms with Crippen molar-refractivity contribution in [3.63, 3.8) is 0 Å². The van der Waals surface area contributed by atoms with E-state index in [-0.39, 0.29) is 12.6 Å². The third-order valence-corrected chi connectivity index (χ3v) is 6.57. The van der Waals surface area contributed by atoms with E-state index in [2.05, 4.69) is 36.1 Å². The summed E-state index contributed by atoms with van der Waals surface area (Å²) in [6.07, 6.45) is 1.53. The van der Waals surface area contributed by atoms with Crippen LogP contribution >= 0.6 is 0 Å². The molecule has 1 aromatic heterocycles. The third-order valence-electron chi connectivity index (χ3n) is 4.86. The van der Waals surface area contributed by atoms with Gasteiger partial charge in [-0.3, -0.25) is 4.79 Å². The highest BCUT2D eigenvalue weighted by Gasteiger charge is 2.19. The van der Waals surface area contributed by atoms with Gasteiger partial charge in [-0.1, -0.05) is 19.6 Å². The highest BCUT2D eigenvalue weighted by Crippen LogP contribution is 2.22. The highest BCUT2D eigenvalue weighted by atomic mass is 28.3. The van der Waals surface area contributed by atoms with E-state index < -0.39 is 8.07 Å². The minimum atomic E-state index is -1.16. The summed E-state index contributed by atoms with van der Waals surface area (Å²) in [5.74, 6) is 0.584. The van der Waals surface area contributed by atoms with Crippen LogP contribution in [-0.4, -0.2) is 61.6 Å². The molecule has 0 aliphatic carbocycles. The van der Waals surface area contributed by atoms with Gasteiger partial charge in [-0.2, -0.15) is 10.4 Å². The lowest BCUT2D eigenvalue weighted by Gasteiger charge is -2.26. The maximum Gasteiger partial charge on any atom is 0.254 e. The summed E-state index contributed by atoms with van der Waals surface area (Å²) in [6, 6.07) is 10.5. The third kappa shape index (κ3) is 5.92. The number of anilines is 2. The smallest absolute Gasteiger partial charge is 0.254 e. The van der Waals surface area contributed by atoms with Crippen LogP contribution in [-0.2, 0) is 16.2 Å². The molecular weight excluding hydrogens is 398 g/mol. The van der Waals surface area contributed by atoms with Crippen molar-refractivity contribution in [1.82, 2.24) is 14.7 Å². The molecule has 1 aliphatic heterocycles. The van der Waals surface area contributed by atoms with E-state index in [1.807, 2.05) is 12.1 Å². The molecule has 8 nitrogen and oxygen atoms in total. The summed E-state index contributed by atoms with van der Waals surface area (Å²) in [5.41, 5.74) is 1.84. The van der Waals surface area contributed by atoms with Gasteiger partial charge in [-0.25, -0.2) is 4.68 Å². The second-order valence-corrected chi connectivity index (χ2v) is 14.1. The summed E-state index contributed by atoms with van der Waals surface area (Å²) in [7, 11) is -1.16. The first-order valence-electron chi connectivity index (χ1n) is 10.2. The van der Waals surface area contributed by atoms with Gasteiger partial charge in [0.1, 0.15) is 24.2 Å². The van der Waals surface area contributed by atoms with Gasteiger partial charge in [0, 0.05) is 39.0 Å². The molecule has 0 unspecified atom stereocenters. The first kappa shape index (κ1) is 22.0. The molecule has 2 aromatic rings. The van der Waals surface area contributed by atoms with Crippen LogP contribution < -0.4 is 5.32 Å². The summed E-state index contributed by atoms with van der Waals surface area (Å²) < 4.78 is 12.7. The first-order valence-corrected chi connectivity index (χ1v) is 13.9. The number of rotatable bonds is 8. The Hall–Kier alpha value is -2.67. The van der Waals surface area contributed by atoms with Crippen molar-refractivity contribution < 1.29 is 14.3 Å². The number of hydrogen-bond acceptors (Lipinski definition) is 6. The lowest BCUT2D eigenvalue weighted by atomic mass is 10.1. The van der Waals surface area contributed by atoms with Crippen LogP contribution in [0.2, 0.25) is 25.7 Å². The van der Waals surface area contributed by atoms with Crippen molar-refractivity contribution in [2.45, 2.75) is 32.4 Å². The number of hydrogen-bond donors (Lipinski definition) is 1. The van der Waals surface area contributed by atoms with Crippen LogP contribution in [0.25, 0.3) is 0 Å². The Balaban J connectivity index is 1.64. The van der Waals surface area contributed by atoms with Gasteiger partial charge >= 0.3 is 0 Å². The zero-order valence-electron chi connectivity index (χ0n) is 17.9. The number of carbonyl (C=O) groups is 1. The molecule has 1 N–H and O–H groups in total. The lowest BCUT2D eigenvalue weighted by molar-refractivity contribution is 0.0303.